The average molecular weight is 199 g/mol. The molecule has 0 aromatic rings. The van der Waals surface area contributed by atoms with Crippen LogP contribution in [0.4, 0.5) is 0 Å². The number of ether oxygens (including phenoxy) is 2. The standard InChI is InChI=1S/C10H17NO3/c1-13-10(12)4-2-3-5-11-6-8-14-9-7-11/h2,4H,3,5-9H2,1H3/b4-2-. The van der Waals surface area contributed by atoms with Gasteiger partial charge in [-0.1, -0.05) is 6.08 Å². The van der Waals surface area contributed by atoms with Crippen LogP contribution < -0.4 is 0 Å². The number of rotatable bonds is 4. The Morgan fingerprint density at radius 1 is 1.50 bits per heavy atom. The molecule has 0 aliphatic carbocycles. The van der Waals surface area contributed by atoms with E-state index in [1.54, 1.807) is 0 Å². The molecule has 0 aromatic heterocycles. The van der Waals surface area contributed by atoms with E-state index >= 15 is 0 Å². The minimum absolute atomic E-state index is 0.285. The Morgan fingerprint density at radius 3 is 2.86 bits per heavy atom. The number of hydrogen-bond donors (Lipinski definition) is 0. The molecule has 4 heteroatoms. The number of nitrogens with zero attached hydrogens (tertiary/aromatic N) is 1. The predicted octanol–water partition coefficient (Wildman–Crippen LogP) is 0.438. The monoisotopic (exact) mass is 199 g/mol. The van der Waals surface area contributed by atoms with Gasteiger partial charge in [0.05, 0.1) is 20.3 Å². The first-order valence-electron chi connectivity index (χ1n) is 4.87. The molecule has 0 amide bonds. The van der Waals surface area contributed by atoms with Crippen LogP contribution in [0.5, 0.6) is 0 Å². The van der Waals surface area contributed by atoms with Gasteiger partial charge in [0.15, 0.2) is 0 Å². The zero-order chi connectivity index (χ0) is 10.2. The molecule has 1 aliphatic rings. The van der Waals surface area contributed by atoms with E-state index in [0.717, 1.165) is 39.3 Å². The molecule has 1 fully saturated rings. The van der Waals surface area contributed by atoms with Gasteiger partial charge >= 0.3 is 5.97 Å². The van der Waals surface area contributed by atoms with Crippen molar-refractivity contribution >= 4 is 5.97 Å². The largest absolute Gasteiger partial charge is 0.466 e. The van der Waals surface area contributed by atoms with Crippen LogP contribution in [0.1, 0.15) is 6.42 Å². The van der Waals surface area contributed by atoms with E-state index in [1.165, 1.54) is 13.2 Å². The van der Waals surface area contributed by atoms with Crippen molar-refractivity contribution in [2.24, 2.45) is 0 Å². The fraction of sp³-hybridized carbons (Fsp3) is 0.700. The highest BCUT2D eigenvalue weighted by Crippen LogP contribution is 1.98. The van der Waals surface area contributed by atoms with E-state index in [1.807, 2.05) is 6.08 Å². The van der Waals surface area contributed by atoms with Gasteiger partial charge in [0.25, 0.3) is 0 Å². The van der Waals surface area contributed by atoms with E-state index in [-0.39, 0.29) is 5.97 Å². The molecule has 0 aromatic carbocycles. The lowest BCUT2D eigenvalue weighted by Crippen LogP contribution is -2.36. The van der Waals surface area contributed by atoms with Gasteiger partial charge in [-0.15, -0.1) is 0 Å². The molecule has 0 atom stereocenters. The van der Waals surface area contributed by atoms with Gasteiger partial charge in [0.1, 0.15) is 0 Å². The summed E-state index contributed by atoms with van der Waals surface area (Å²) in [7, 11) is 1.38. The van der Waals surface area contributed by atoms with Gasteiger partial charge in [-0.25, -0.2) is 4.79 Å². The summed E-state index contributed by atoms with van der Waals surface area (Å²) in [5.74, 6) is -0.285. The Labute approximate surface area is 84.5 Å². The van der Waals surface area contributed by atoms with Crippen LogP contribution in [0.15, 0.2) is 12.2 Å². The molecule has 1 aliphatic heterocycles. The number of esters is 1. The van der Waals surface area contributed by atoms with Crippen LogP contribution in [-0.2, 0) is 14.3 Å². The van der Waals surface area contributed by atoms with E-state index in [4.69, 9.17) is 4.74 Å². The Kier molecular flexibility index (Phi) is 5.25. The molecule has 1 rings (SSSR count). The van der Waals surface area contributed by atoms with Crippen LogP contribution in [0.3, 0.4) is 0 Å². The molecule has 0 unspecified atom stereocenters. The van der Waals surface area contributed by atoms with E-state index in [2.05, 4.69) is 9.64 Å². The Bertz CT molecular complexity index is 198. The minimum Gasteiger partial charge on any atom is -0.466 e. The fourth-order valence-corrected chi connectivity index (χ4v) is 1.33. The Balaban J connectivity index is 2.07. The third kappa shape index (κ3) is 4.39. The van der Waals surface area contributed by atoms with Crippen molar-refractivity contribution in [1.82, 2.24) is 4.90 Å². The first kappa shape index (κ1) is 11.2. The van der Waals surface area contributed by atoms with Gasteiger partial charge in [0, 0.05) is 25.7 Å². The van der Waals surface area contributed by atoms with Crippen LogP contribution in [0, 0.1) is 0 Å². The van der Waals surface area contributed by atoms with E-state index in [0.29, 0.717) is 0 Å². The second-order valence-electron chi connectivity index (χ2n) is 3.17. The van der Waals surface area contributed by atoms with Gasteiger partial charge in [-0.05, 0) is 6.42 Å². The lowest BCUT2D eigenvalue weighted by Gasteiger charge is -2.25. The molecule has 14 heavy (non-hydrogen) atoms. The Morgan fingerprint density at radius 2 is 2.21 bits per heavy atom. The maximum absolute atomic E-state index is 10.7. The second-order valence-corrected chi connectivity index (χ2v) is 3.17. The number of methoxy groups -OCH3 is 1. The maximum Gasteiger partial charge on any atom is 0.330 e. The molecule has 0 saturated carbocycles. The summed E-state index contributed by atoms with van der Waals surface area (Å²) < 4.78 is 9.71. The minimum atomic E-state index is -0.285. The number of carbonyl (C=O) groups is 1. The lowest BCUT2D eigenvalue weighted by molar-refractivity contribution is -0.134. The second kappa shape index (κ2) is 6.56. The molecule has 4 nitrogen and oxygen atoms in total. The molecule has 1 saturated heterocycles. The van der Waals surface area contributed by atoms with Crippen molar-refractivity contribution in [3.63, 3.8) is 0 Å². The van der Waals surface area contributed by atoms with Crippen molar-refractivity contribution < 1.29 is 14.3 Å². The van der Waals surface area contributed by atoms with Crippen LogP contribution in [0.25, 0.3) is 0 Å². The molecular weight excluding hydrogens is 182 g/mol. The number of carbonyl (C=O) groups excluding carboxylic acids is 1. The average Bonchev–Trinajstić information content (AvgIpc) is 2.25. The van der Waals surface area contributed by atoms with Crippen molar-refractivity contribution in [3.05, 3.63) is 12.2 Å². The topological polar surface area (TPSA) is 38.8 Å². The summed E-state index contributed by atoms with van der Waals surface area (Å²) in [5, 5.41) is 0. The quantitative estimate of drug-likeness (QED) is 0.486. The number of hydrogen-bond acceptors (Lipinski definition) is 4. The first-order chi connectivity index (χ1) is 6.83. The fourth-order valence-electron chi connectivity index (χ4n) is 1.33. The third-order valence-electron chi connectivity index (χ3n) is 2.17. The number of morpholine rings is 1. The van der Waals surface area contributed by atoms with Crippen molar-refractivity contribution in [2.45, 2.75) is 6.42 Å². The SMILES string of the molecule is COC(=O)/C=C\CCN1CCOCC1. The highest BCUT2D eigenvalue weighted by Gasteiger charge is 2.08. The summed E-state index contributed by atoms with van der Waals surface area (Å²) in [6.45, 7) is 4.61. The molecule has 80 valence electrons. The van der Waals surface area contributed by atoms with Gasteiger partial charge in [-0.2, -0.15) is 0 Å². The summed E-state index contributed by atoms with van der Waals surface area (Å²) in [5.41, 5.74) is 0. The smallest absolute Gasteiger partial charge is 0.330 e. The van der Waals surface area contributed by atoms with E-state index < -0.39 is 0 Å². The first-order valence-corrected chi connectivity index (χ1v) is 4.87. The van der Waals surface area contributed by atoms with Crippen molar-refractivity contribution in [3.8, 4) is 0 Å². The highest BCUT2D eigenvalue weighted by atomic mass is 16.5. The van der Waals surface area contributed by atoms with Crippen LogP contribution >= 0.6 is 0 Å². The van der Waals surface area contributed by atoms with Gasteiger partial charge in [0.2, 0.25) is 0 Å². The van der Waals surface area contributed by atoms with Crippen LogP contribution in [-0.4, -0.2) is 50.8 Å². The van der Waals surface area contributed by atoms with Gasteiger partial charge < -0.3 is 9.47 Å². The van der Waals surface area contributed by atoms with Crippen LogP contribution in [0.2, 0.25) is 0 Å². The zero-order valence-corrected chi connectivity index (χ0v) is 8.57. The molecule has 0 spiro atoms. The third-order valence-corrected chi connectivity index (χ3v) is 2.17. The van der Waals surface area contributed by atoms with Crippen molar-refractivity contribution in [1.29, 1.82) is 0 Å². The lowest BCUT2D eigenvalue weighted by atomic mass is 10.3. The molecular formula is C10H17NO3. The van der Waals surface area contributed by atoms with Gasteiger partial charge in [-0.3, -0.25) is 4.90 Å². The maximum atomic E-state index is 10.7. The zero-order valence-electron chi connectivity index (χ0n) is 8.57. The molecule has 0 radical (unpaired) electrons. The van der Waals surface area contributed by atoms with Crippen molar-refractivity contribution in [2.75, 3.05) is 40.0 Å². The summed E-state index contributed by atoms with van der Waals surface area (Å²) in [6, 6.07) is 0. The predicted molar refractivity (Wildman–Crippen MR) is 53.0 cm³/mol. The Hall–Kier alpha value is -0.870. The molecule has 0 N–H and O–H groups in total. The van der Waals surface area contributed by atoms with E-state index in [9.17, 15) is 4.79 Å². The normalized spacial score (nSPS) is 18.6. The summed E-state index contributed by atoms with van der Waals surface area (Å²) in [4.78, 5) is 13.0. The summed E-state index contributed by atoms with van der Waals surface area (Å²) in [6.07, 6.45) is 4.21. The molecule has 1 heterocycles. The highest BCUT2D eigenvalue weighted by molar-refractivity contribution is 5.81. The summed E-state index contributed by atoms with van der Waals surface area (Å²) >= 11 is 0. The molecule has 0 bridgehead atoms.